The van der Waals surface area contributed by atoms with E-state index in [1.165, 1.54) is 28.1 Å². The number of anilines is 2. The molecule has 2 aliphatic rings. The SMILES string of the molecule is Nc1nc2c(ncn2[C@@H]2S[C@H](CO)[C@@H](O)[C@H]2O[P@](=O)(S)OC[C@H]2O[C@@H](n3cnc4c(N)ncnc43)[C@@H](F)[C@@H]2O)c(=O)[nH]1. The van der Waals surface area contributed by atoms with Gasteiger partial charge in [-0.2, -0.15) is 4.98 Å². The van der Waals surface area contributed by atoms with E-state index in [2.05, 4.69) is 42.2 Å². The Morgan fingerprint density at radius 2 is 1.88 bits per heavy atom. The van der Waals surface area contributed by atoms with Gasteiger partial charge in [-0.25, -0.2) is 28.9 Å². The fraction of sp³-hybridized carbons (Fsp3) is 0.500. The van der Waals surface area contributed by atoms with Crippen LogP contribution in [0.5, 0.6) is 0 Å². The Morgan fingerprint density at radius 3 is 2.64 bits per heavy atom. The predicted octanol–water partition coefficient (Wildman–Crippen LogP) is -0.873. The first-order valence-electron chi connectivity index (χ1n) is 12.2. The molecule has 42 heavy (non-hydrogen) atoms. The lowest BCUT2D eigenvalue weighted by molar-refractivity contribution is -0.0457. The summed E-state index contributed by atoms with van der Waals surface area (Å²) in [5.41, 5.74) is 11.3. The number of aliphatic hydroxyl groups excluding tert-OH is 3. The van der Waals surface area contributed by atoms with Crippen LogP contribution in [0.3, 0.4) is 0 Å². The summed E-state index contributed by atoms with van der Waals surface area (Å²) in [4.78, 5) is 34.6. The Balaban J connectivity index is 1.19. The van der Waals surface area contributed by atoms with Crippen molar-refractivity contribution in [1.29, 1.82) is 0 Å². The van der Waals surface area contributed by atoms with Crippen LogP contribution in [-0.2, 0) is 18.3 Å². The second-order valence-electron chi connectivity index (χ2n) is 9.43. The molecule has 0 aromatic carbocycles. The van der Waals surface area contributed by atoms with E-state index in [1.807, 2.05) is 0 Å². The van der Waals surface area contributed by atoms with Crippen molar-refractivity contribution in [2.45, 2.75) is 47.4 Å². The van der Waals surface area contributed by atoms with Crippen molar-refractivity contribution >= 4 is 64.9 Å². The molecule has 0 radical (unpaired) electrons. The van der Waals surface area contributed by atoms with Crippen LogP contribution >= 0.6 is 30.8 Å². The van der Waals surface area contributed by atoms with Crippen molar-refractivity contribution in [1.82, 2.24) is 39.0 Å². The van der Waals surface area contributed by atoms with Gasteiger partial charge in [0, 0.05) is 0 Å². The Hall–Kier alpha value is -2.88. The Kier molecular flexibility index (Phi) is 7.64. The molecule has 8 N–H and O–H groups in total. The summed E-state index contributed by atoms with van der Waals surface area (Å²) < 4.78 is 47.7. The molecular weight excluding hydrogens is 622 g/mol. The lowest BCUT2D eigenvalue weighted by atomic mass is 10.1. The number of rotatable bonds is 8. The van der Waals surface area contributed by atoms with Crippen molar-refractivity contribution in [3.8, 4) is 0 Å². The van der Waals surface area contributed by atoms with Crippen molar-refractivity contribution in [2.24, 2.45) is 0 Å². The van der Waals surface area contributed by atoms with Crippen LogP contribution in [0, 0.1) is 0 Å². The number of thiol groups is 1. The van der Waals surface area contributed by atoms with Gasteiger partial charge < -0.3 is 31.5 Å². The second-order valence-corrected chi connectivity index (χ2v) is 13.7. The molecule has 9 atom stereocenters. The minimum absolute atomic E-state index is 0.0432. The van der Waals surface area contributed by atoms with Crippen LogP contribution in [0.1, 0.15) is 11.6 Å². The van der Waals surface area contributed by atoms with E-state index < -0.39 is 73.0 Å². The number of nitrogen functional groups attached to an aromatic ring is 2. The number of H-pyrrole nitrogens is 1. The van der Waals surface area contributed by atoms with Crippen molar-refractivity contribution in [3.63, 3.8) is 0 Å². The van der Waals surface area contributed by atoms with Gasteiger partial charge in [0.15, 0.2) is 35.0 Å². The molecule has 22 heteroatoms. The summed E-state index contributed by atoms with van der Waals surface area (Å²) in [5, 5.41) is 29.4. The zero-order valence-electron chi connectivity index (χ0n) is 21.1. The zero-order chi connectivity index (χ0) is 29.9. The molecule has 0 spiro atoms. The molecule has 0 saturated carbocycles. The van der Waals surface area contributed by atoms with Gasteiger partial charge in [-0.1, -0.05) is 12.2 Å². The van der Waals surface area contributed by atoms with Gasteiger partial charge >= 0.3 is 6.80 Å². The predicted molar refractivity (Wildman–Crippen MR) is 148 cm³/mol. The highest BCUT2D eigenvalue weighted by Crippen LogP contribution is 2.59. The monoisotopic (exact) mass is 646 g/mol. The fourth-order valence-electron chi connectivity index (χ4n) is 4.81. The van der Waals surface area contributed by atoms with Crippen LogP contribution in [0.2, 0.25) is 0 Å². The lowest BCUT2D eigenvalue weighted by Crippen LogP contribution is -2.35. The van der Waals surface area contributed by atoms with Gasteiger partial charge in [-0.15, -0.1) is 11.8 Å². The zero-order valence-corrected chi connectivity index (χ0v) is 23.7. The maximum Gasteiger partial charge on any atom is 0.386 e. The van der Waals surface area contributed by atoms with Gasteiger partial charge in [0.2, 0.25) is 5.95 Å². The first-order valence-corrected chi connectivity index (χ1v) is 15.9. The lowest BCUT2D eigenvalue weighted by Gasteiger charge is -2.26. The van der Waals surface area contributed by atoms with E-state index in [1.54, 1.807) is 0 Å². The van der Waals surface area contributed by atoms with Gasteiger partial charge in [-0.05, 0) is 0 Å². The van der Waals surface area contributed by atoms with Crippen LogP contribution < -0.4 is 17.0 Å². The van der Waals surface area contributed by atoms with Gasteiger partial charge in [0.1, 0.15) is 35.5 Å². The molecule has 0 amide bonds. The maximum atomic E-state index is 15.1. The second kappa shape index (κ2) is 11.0. The Bertz CT molecular complexity index is 1740. The van der Waals surface area contributed by atoms with Crippen LogP contribution in [0.25, 0.3) is 22.3 Å². The third kappa shape index (κ3) is 5.03. The van der Waals surface area contributed by atoms with Crippen LogP contribution in [0.15, 0.2) is 23.8 Å². The summed E-state index contributed by atoms with van der Waals surface area (Å²) in [6.45, 7) is -5.42. The highest BCUT2D eigenvalue weighted by atomic mass is 32.7. The van der Waals surface area contributed by atoms with Crippen molar-refractivity contribution in [2.75, 3.05) is 24.7 Å². The average molecular weight is 647 g/mol. The maximum absolute atomic E-state index is 15.1. The number of fused-ring (bicyclic) bond motifs is 2. The number of imidazole rings is 2. The van der Waals surface area contributed by atoms with Gasteiger partial charge in [0.05, 0.1) is 37.2 Å². The van der Waals surface area contributed by atoms with Crippen molar-refractivity contribution < 1.29 is 38.1 Å². The summed E-state index contributed by atoms with van der Waals surface area (Å²) >= 11 is 5.06. The molecule has 4 aromatic rings. The topological polar surface area (TPSA) is 265 Å². The standard InChI is InChI=1S/C20H24FN10O8PS2/c21-8-11(33)6(38-18(8)30-4-26-9-14(22)24-3-25-15(9)30)2-37-40(36,41)39-13-12(34)7(1-32)42-19(13)31-5-27-10-16(31)28-20(23)29-17(10)35/h3-8,11-13,18-19,32-34H,1-2H2,(H,36,41)(H2,22,24,25)(H3,23,28,29,35)/t6-,7-,8+,11-,12-,13-,18-,19-,40-/m1/s1. The third-order valence-electron chi connectivity index (χ3n) is 6.83. The number of hydrogen-bond acceptors (Lipinski definition) is 16. The number of nitrogens with one attached hydrogen (secondary N) is 1. The molecular formula is C20H24FN10O8PS2. The van der Waals surface area contributed by atoms with Gasteiger partial charge in [0.25, 0.3) is 5.56 Å². The third-order valence-corrected chi connectivity index (χ3v) is 10.00. The van der Waals surface area contributed by atoms with E-state index in [9.17, 15) is 24.7 Å². The number of nitrogens with zero attached hydrogens (tertiary/aromatic N) is 7. The van der Waals surface area contributed by atoms with E-state index in [4.69, 9.17) is 25.3 Å². The van der Waals surface area contributed by atoms with E-state index >= 15 is 4.39 Å². The Labute approximate surface area is 243 Å². The molecule has 0 unspecified atom stereocenters. The largest absolute Gasteiger partial charge is 0.395 e. The average Bonchev–Trinajstić information content (AvgIpc) is 3.69. The number of aliphatic hydroxyl groups is 3. The quantitative estimate of drug-likeness (QED) is 0.0905. The minimum atomic E-state index is -4.34. The molecule has 6 heterocycles. The van der Waals surface area contributed by atoms with E-state index in [0.717, 1.165) is 11.8 Å². The Morgan fingerprint density at radius 1 is 1.14 bits per heavy atom. The number of nitrogens with two attached hydrogens (primary N) is 2. The molecule has 6 rings (SSSR count). The van der Waals surface area contributed by atoms with Crippen LogP contribution in [0.4, 0.5) is 16.2 Å². The molecule has 0 bridgehead atoms. The first kappa shape index (κ1) is 29.2. The summed E-state index contributed by atoms with van der Waals surface area (Å²) in [7, 11) is 0. The number of halogens is 1. The molecule has 2 saturated heterocycles. The molecule has 226 valence electrons. The molecule has 2 fully saturated rings. The van der Waals surface area contributed by atoms with E-state index in [-0.39, 0.29) is 34.1 Å². The summed E-state index contributed by atoms with van der Waals surface area (Å²) in [6, 6.07) is 0. The van der Waals surface area contributed by atoms with Crippen LogP contribution in [-0.4, -0.2) is 103 Å². The number of ether oxygens (including phenoxy) is 1. The highest BCUT2D eigenvalue weighted by Gasteiger charge is 2.50. The fourth-order valence-corrected chi connectivity index (χ4v) is 7.78. The number of aromatic amines is 1. The summed E-state index contributed by atoms with van der Waals surface area (Å²) in [5.74, 6) is -0.110. The number of aromatic nitrogens is 8. The first-order chi connectivity index (χ1) is 20.0. The minimum Gasteiger partial charge on any atom is -0.395 e. The number of alkyl halides is 1. The number of hydrogen-bond donors (Lipinski definition) is 7. The molecule has 2 aliphatic heterocycles. The normalized spacial score (nSPS) is 31.3. The number of thioether (sulfide) groups is 1. The van der Waals surface area contributed by atoms with Crippen molar-refractivity contribution in [3.05, 3.63) is 29.3 Å². The smallest absolute Gasteiger partial charge is 0.386 e. The molecule has 4 aromatic heterocycles. The molecule has 0 aliphatic carbocycles. The highest BCUT2D eigenvalue weighted by molar-refractivity contribution is 8.44. The molecule has 18 nitrogen and oxygen atoms in total. The summed E-state index contributed by atoms with van der Waals surface area (Å²) in [6.07, 6.45) is -5.35. The van der Waals surface area contributed by atoms with Gasteiger partial charge in [-0.3, -0.25) is 28.0 Å². The van der Waals surface area contributed by atoms with E-state index in [0.29, 0.717) is 0 Å².